The van der Waals surface area contributed by atoms with Crippen molar-refractivity contribution in [1.82, 2.24) is 10.6 Å². The third-order valence-corrected chi connectivity index (χ3v) is 3.84. The molecule has 0 aliphatic rings. The van der Waals surface area contributed by atoms with E-state index in [2.05, 4.69) is 20.9 Å². The second-order valence-electron chi connectivity index (χ2n) is 5.67. The van der Waals surface area contributed by atoms with Crippen molar-refractivity contribution in [2.45, 2.75) is 6.42 Å². The Labute approximate surface area is 159 Å². The van der Waals surface area contributed by atoms with Crippen LogP contribution < -0.4 is 25.4 Å². The van der Waals surface area contributed by atoms with Gasteiger partial charge in [0.15, 0.2) is 17.5 Å². The highest BCUT2D eigenvalue weighted by Gasteiger charge is 2.06. The first-order valence-electron chi connectivity index (χ1n) is 8.71. The summed E-state index contributed by atoms with van der Waals surface area (Å²) in [5.41, 5.74) is 1.49. The van der Waals surface area contributed by atoms with Crippen molar-refractivity contribution in [2.24, 2.45) is 4.99 Å². The fourth-order valence-corrected chi connectivity index (χ4v) is 2.42. The molecule has 0 unspecified atom stereocenters. The molecule has 0 bridgehead atoms. The summed E-state index contributed by atoms with van der Waals surface area (Å²) in [4.78, 5) is 16.2. The zero-order valence-corrected chi connectivity index (χ0v) is 15.9. The van der Waals surface area contributed by atoms with Gasteiger partial charge in [0.25, 0.3) is 5.91 Å². The van der Waals surface area contributed by atoms with E-state index < -0.39 is 0 Å². The summed E-state index contributed by atoms with van der Waals surface area (Å²) < 4.78 is 10.5. The molecular weight excluding hydrogens is 344 g/mol. The maximum absolute atomic E-state index is 12.0. The first kappa shape index (κ1) is 20.1. The predicted molar refractivity (Wildman–Crippen MR) is 108 cm³/mol. The van der Waals surface area contributed by atoms with E-state index in [9.17, 15) is 4.79 Å². The number of hydrogen-bond donors (Lipinski definition) is 3. The van der Waals surface area contributed by atoms with Crippen LogP contribution in [0.5, 0.6) is 11.5 Å². The van der Waals surface area contributed by atoms with Crippen molar-refractivity contribution in [1.29, 1.82) is 0 Å². The number of ether oxygens (including phenoxy) is 2. The van der Waals surface area contributed by atoms with Gasteiger partial charge in [-0.1, -0.05) is 18.2 Å². The highest BCUT2D eigenvalue weighted by atomic mass is 16.5. The van der Waals surface area contributed by atoms with Gasteiger partial charge >= 0.3 is 0 Å². The van der Waals surface area contributed by atoms with Gasteiger partial charge in [-0.15, -0.1) is 0 Å². The molecule has 7 nitrogen and oxygen atoms in total. The summed E-state index contributed by atoms with van der Waals surface area (Å²) in [5, 5.41) is 9.31. The maximum atomic E-state index is 12.0. The topological polar surface area (TPSA) is 84.0 Å². The van der Waals surface area contributed by atoms with Gasteiger partial charge in [-0.05, 0) is 30.7 Å². The highest BCUT2D eigenvalue weighted by molar-refractivity contribution is 5.94. The number of benzene rings is 2. The first-order chi connectivity index (χ1) is 13.2. The number of nitrogens with one attached hydrogen (secondary N) is 3. The van der Waals surface area contributed by atoms with Crippen molar-refractivity contribution in [2.75, 3.05) is 39.7 Å². The van der Waals surface area contributed by atoms with E-state index in [1.54, 1.807) is 33.4 Å². The molecule has 2 rings (SSSR count). The van der Waals surface area contributed by atoms with Gasteiger partial charge in [0, 0.05) is 37.5 Å². The largest absolute Gasteiger partial charge is 0.493 e. The molecule has 2 aromatic carbocycles. The van der Waals surface area contributed by atoms with E-state index >= 15 is 0 Å². The molecule has 0 aliphatic heterocycles. The molecule has 0 saturated carbocycles. The fourth-order valence-electron chi connectivity index (χ4n) is 2.42. The Bertz CT molecular complexity index is 763. The number of carbonyl (C=O) groups is 1. The summed E-state index contributed by atoms with van der Waals surface area (Å²) in [6.07, 6.45) is 0.769. The monoisotopic (exact) mass is 370 g/mol. The zero-order chi connectivity index (χ0) is 19.5. The predicted octanol–water partition coefficient (Wildman–Crippen LogP) is 2.51. The normalized spacial score (nSPS) is 10.9. The molecule has 144 valence electrons. The Morgan fingerprint density at radius 1 is 0.963 bits per heavy atom. The molecule has 7 heteroatoms. The maximum Gasteiger partial charge on any atom is 0.251 e. The minimum atomic E-state index is -0.0663. The zero-order valence-electron chi connectivity index (χ0n) is 15.9. The third kappa shape index (κ3) is 6.22. The molecule has 0 spiro atoms. The quantitative estimate of drug-likeness (QED) is 0.378. The van der Waals surface area contributed by atoms with Gasteiger partial charge in [0.2, 0.25) is 0 Å². The minimum absolute atomic E-state index is 0.0663. The van der Waals surface area contributed by atoms with E-state index in [0.717, 1.165) is 12.1 Å². The second kappa shape index (κ2) is 10.7. The summed E-state index contributed by atoms with van der Waals surface area (Å²) in [7, 11) is 4.90. The number of carbonyl (C=O) groups excluding carboxylic acids is 1. The number of rotatable bonds is 8. The van der Waals surface area contributed by atoms with Crippen molar-refractivity contribution < 1.29 is 14.3 Å². The van der Waals surface area contributed by atoms with E-state index in [-0.39, 0.29) is 5.91 Å². The number of anilines is 1. The average Bonchev–Trinajstić information content (AvgIpc) is 2.72. The van der Waals surface area contributed by atoms with Crippen LogP contribution in [-0.2, 0) is 0 Å². The van der Waals surface area contributed by atoms with Crippen LogP contribution in [0.15, 0.2) is 53.5 Å². The van der Waals surface area contributed by atoms with Crippen LogP contribution in [0.4, 0.5) is 5.69 Å². The Kier molecular flexibility index (Phi) is 7.96. The Balaban J connectivity index is 1.75. The minimum Gasteiger partial charge on any atom is -0.493 e. The highest BCUT2D eigenvalue weighted by Crippen LogP contribution is 2.29. The van der Waals surface area contributed by atoms with Crippen molar-refractivity contribution in [3.05, 3.63) is 54.1 Å². The molecule has 0 aliphatic carbocycles. The fraction of sp³-hybridized carbons (Fsp3) is 0.300. The van der Waals surface area contributed by atoms with E-state index in [1.165, 1.54) is 0 Å². The average molecular weight is 370 g/mol. The van der Waals surface area contributed by atoms with Gasteiger partial charge in [-0.3, -0.25) is 9.79 Å². The lowest BCUT2D eigenvalue weighted by molar-refractivity contribution is 0.0953. The van der Waals surface area contributed by atoms with Crippen LogP contribution in [0.2, 0.25) is 0 Å². The molecular formula is C20H26N4O3. The number of methoxy groups -OCH3 is 2. The van der Waals surface area contributed by atoms with E-state index in [1.807, 2.05) is 36.4 Å². The SMILES string of the molecule is CN=C(NCCCNC(=O)c1ccccc1)Nc1ccc(OC)c(OC)c1. The molecule has 0 fully saturated rings. The third-order valence-electron chi connectivity index (χ3n) is 3.84. The van der Waals surface area contributed by atoms with Crippen LogP contribution in [0.3, 0.4) is 0 Å². The molecule has 0 aromatic heterocycles. The van der Waals surface area contributed by atoms with Crippen LogP contribution in [-0.4, -0.2) is 46.2 Å². The molecule has 3 N–H and O–H groups in total. The van der Waals surface area contributed by atoms with Crippen LogP contribution in [0.1, 0.15) is 16.8 Å². The second-order valence-corrected chi connectivity index (χ2v) is 5.67. The van der Waals surface area contributed by atoms with Crippen LogP contribution >= 0.6 is 0 Å². The first-order valence-corrected chi connectivity index (χ1v) is 8.71. The number of hydrogen-bond acceptors (Lipinski definition) is 4. The summed E-state index contributed by atoms with van der Waals surface area (Å²) in [5.74, 6) is 1.88. The number of aliphatic imine (C=N–C) groups is 1. The van der Waals surface area contributed by atoms with E-state index in [0.29, 0.717) is 36.1 Å². The molecule has 1 amide bonds. The summed E-state index contributed by atoms with van der Waals surface area (Å²) in [6.45, 7) is 1.25. The van der Waals surface area contributed by atoms with Gasteiger partial charge in [0.05, 0.1) is 14.2 Å². The summed E-state index contributed by atoms with van der Waals surface area (Å²) in [6, 6.07) is 14.7. The molecule has 0 atom stereocenters. The summed E-state index contributed by atoms with van der Waals surface area (Å²) >= 11 is 0. The molecule has 2 aromatic rings. The smallest absolute Gasteiger partial charge is 0.251 e. The van der Waals surface area contributed by atoms with Gasteiger partial charge < -0.3 is 25.4 Å². The van der Waals surface area contributed by atoms with Crippen LogP contribution in [0, 0.1) is 0 Å². The lowest BCUT2D eigenvalue weighted by Crippen LogP contribution is -2.33. The number of amides is 1. The van der Waals surface area contributed by atoms with Crippen molar-refractivity contribution in [3.8, 4) is 11.5 Å². The molecule has 0 saturated heterocycles. The van der Waals surface area contributed by atoms with Gasteiger partial charge in [-0.2, -0.15) is 0 Å². The number of nitrogens with zero attached hydrogens (tertiary/aromatic N) is 1. The standard InChI is InChI=1S/C20H26N4O3/c1-21-20(24-16-10-11-17(26-2)18(14-16)27-3)23-13-7-12-22-19(25)15-8-5-4-6-9-15/h4-6,8-11,14H,7,12-13H2,1-3H3,(H,22,25)(H2,21,23,24). The van der Waals surface area contributed by atoms with Gasteiger partial charge in [-0.25, -0.2) is 0 Å². The Morgan fingerprint density at radius 3 is 2.33 bits per heavy atom. The van der Waals surface area contributed by atoms with Crippen LogP contribution in [0.25, 0.3) is 0 Å². The van der Waals surface area contributed by atoms with Crippen molar-refractivity contribution >= 4 is 17.6 Å². The Hall–Kier alpha value is -3.22. The molecule has 27 heavy (non-hydrogen) atoms. The van der Waals surface area contributed by atoms with E-state index in [4.69, 9.17) is 9.47 Å². The molecule has 0 heterocycles. The van der Waals surface area contributed by atoms with Gasteiger partial charge in [0.1, 0.15) is 0 Å². The Morgan fingerprint density at radius 2 is 1.67 bits per heavy atom. The molecule has 0 radical (unpaired) electrons. The van der Waals surface area contributed by atoms with Crippen molar-refractivity contribution in [3.63, 3.8) is 0 Å². The lowest BCUT2D eigenvalue weighted by atomic mass is 10.2. The number of guanidine groups is 1. The lowest BCUT2D eigenvalue weighted by Gasteiger charge is -2.14.